The van der Waals surface area contributed by atoms with Crippen molar-refractivity contribution in [2.24, 2.45) is 5.73 Å². The van der Waals surface area contributed by atoms with Gasteiger partial charge in [-0.2, -0.15) is 0 Å². The second-order valence-corrected chi connectivity index (χ2v) is 7.07. The highest BCUT2D eigenvalue weighted by Gasteiger charge is 2.49. The van der Waals surface area contributed by atoms with E-state index in [4.69, 9.17) is 16.2 Å². The molecule has 3 aromatic rings. The van der Waals surface area contributed by atoms with Crippen LogP contribution in [0.1, 0.15) is 11.8 Å². The van der Waals surface area contributed by atoms with Crippen LogP contribution in [-0.4, -0.2) is 70.9 Å². The number of carbonyl (C=O) groups is 2. The summed E-state index contributed by atoms with van der Waals surface area (Å²) in [6.45, 7) is 0. The number of hydrogen-bond donors (Lipinski definition) is 5. The molecule has 162 valence electrons. The van der Waals surface area contributed by atoms with E-state index in [0.717, 1.165) is 5.56 Å². The molecule has 1 aliphatic heterocycles. The van der Waals surface area contributed by atoms with E-state index in [1.807, 2.05) is 0 Å². The van der Waals surface area contributed by atoms with Crippen LogP contribution in [0.15, 0.2) is 37.2 Å². The number of nitrogen functional groups attached to an aromatic ring is 1. The number of hydrogen-bond acceptors (Lipinski definition) is 10. The number of rotatable bonds is 6. The minimum atomic E-state index is -1.52. The lowest BCUT2D eigenvalue weighted by atomic mass is 10.0. The Morgan fingerprint density at radius 1 is 1.32 bits per heavy atom. The molecule has 1 saturated heterocycles. The molecule has 3 aromatic heterocycles. The molecule has 5 atom stereocenters. The highest BCUT2D eigenvalue weighted by molar-refractivity contribution is 5.84. The molecular weight excluding hydrogens is 408 g/mol. The van der Waals surface area contributed by atoms with Gasteiger partial charge in [0.15, 0.2) is 23.8 Å². The van der Waals surface area contributed by atoms with Gasteiger partial charge in [0.2, 0.25) is 5.91 Å². The van der Waals surface area contributed by atoms with Gasteiger partial charge in [-0.25, -0.2) is 19.7 Å². The first kappa shape index (κ1) is 20.6. The third kappa shape index (κ3) is 3.88. The van der Waals surface area contributed by atoms with Crippen LogP contribution < -0.4 is 16.8 Å². The molecule has 4 heterocycles. The number of aliphatic hydroxyl groups excluding tert-OH is 1. The molecule has 0 radical (unpaired) electrons. The number of ether oxygens (including phenoxy) is 1. The fraction of sp³-hybridized carbons (Fsp3) is 0.333. The van der Waals surface area contributed by atoms with E-state index in [9.17, 15) is 19.8 Å². The zero-order chi connectivity index (χ0) is 22.1. The van der Waals surface area contributed by atoms with Gasteiger partial charge in [0.25, 0.3) is 0 Å². The molecule has 7 N–H and O–H groups in total. The Balaban J connectivity index is 1.54. The minimum absolute atomic E-state index is 0.122. The van der Waals surface area contributed by atoms with Crippen LogP contribution in [0.5, 0.6) is 0 Å². The Hall–Kier alpha value is -3.68. The van der Waals surface area contributed by atoms with Crippen molar-refractivity contribution in [2.75, 3.05) is 5.73 Å². The summed E-state index contributed by atoms with van der Waals surface area (Å²) < 4.78 is 6.89. The summed E-state index contributed by atoms with van der Waals surface area (Å²) in [5.74, 6) is -1.87. The lowest BCUT2D eigenvalue weighted by Crippen LogP contribution is -2.54. The lowest BCUT2D eigenvalue weighted by molar-refractivity contribution is -0.152. The van der Waals surface area contributed by atoms with Gasteiger partial charge in [-0.3, -0.25) is 14.3 Å². The maximum absolute atomic E-state index is 12.6. The normalized spacial score (nSPS) is 24.2. The Bertz CT molecular complexity index is 1110. The van der Waals surface area contributed by atoms with Gasteiger partial charge in [-0.1, -0.05) is 6.07 Å². The maximum Gasteiger partial charge on any atom is 0.335 e. The Kier molecular flexibility index (Phi) is 5.46. The van der Waals surface area contributed by atoms with Crippen molar-refractivity contribution in [2.45, 2.75) is 36.9 Å². The first-order chi connectivity index (χ1) is 14.9. The van der Waals surface area contributed by atoms with E-state index in [1.165, 1.54) is 17.2 Å². The first-order valence-electron chi connectivity index (χ1n) is 9.31. The highest BCUT2D eigenvalue weighted by Crippen LogP contribution is 2.32. The van der Waals surface area contributed by atoms with E-state index in [0.29, 0.717) is 0 Å². The third-order valence-corrected chi connectivity index (χ3v) is 5.00. The minimum Gasteiger partial charge on any atom is -0.479 e. The number of fused-ring (bicyclic) bond motifs is 1. The SMILES string of the molecule is Nc1ncnc2c1ncn2[C@@H]1O[C@H](C(=O)O)[C@@H](NC(=O)[C@@H](N)Cc2cccnc2)[C@H]1O. The van der Waals surface area contributed by atoms with Crippen molar-refractivity contribution >= 4 is 28.9 Å². The van der Waals surface area contributed by atoms with Gasteiger partial charge < -0.3 is 31.7 Å². The smallest absolute Gasteiger partial charge is 0.335 e. The van der Waals surface area contributed by atoms with Gasteiger partial charge in [0.1, 0.15) is 17.9 Å². The fourth-order valence-corrected chi connectivity index (χ4v) is 3.47. The van der Waals surface area contributed by atoms with Crippen molar-refractivity contribution in [3.63, 3.8) is 0 Å². The summed E-state index contributed by atoms with van der Waals surface area (Å²) in [6, 6.07) is 1.24. The van der Waals surface area contributed by atoms with Gasteiger partial charge in [0.05, 0.1) is 18.4 Å². The predicted octanol–water partition coefficient (Wildman–Crippen LogP) is -1.80. The number of nitrogens with zero attached hydrogens (tertiary/aromatic N) is 5. The van der Waals surface area contributed by atoms with Crippen LogP contribution in [0.25, 0.3) is 11.2 Å². The number of carboxylic acid groups (broad SMARTS) is 1. The Labute approximate surface area is 175 Å². The summed E-state index contributed by atoms with van der Waals surface area (Å²) >= 11 is 0. The number of nitrogens with one attached hydrogen (secondary N) is 1. The second-order valence-electron chi connectivity index (χ2n) is 7.07. The molecule has 0 bridgehead atoms. The second kappa shape index (κ2) is 8.22. The zero-order valence-corrected chi connectivity index (χ0v) is 16.1. The number of pyridine rings is 1. The first-order valence-corrected chi connectivity index (χ1v) is 9.31. The topological polar surface area (TPSA) is 204 Å². The number of anilines is 1. The zero-order valence-electron chi connectivity index (χ0n) is 16.1. The molecule has 1 fully saturated rings. The number of imidazole rings is 1. The van der Waals surface area contributed by atoms with Crippen LogP contribution in [0.2, 0.25) is 0 Å². The average Bonchev–Trinajstić information content (AvgIpc) is 3.31. The maximum atomic E-state index is 12.6. The molecule has 0 unspecified atom stereocenters. The van der Waals surface area contributed by atoms with E-state index in [2.05, 4.69) is 25.3 Å². The number of aliphatic hydroxyl groups is 1. The molecular formula is C18H20N8O5. The van der Waals surface area contributed by atoms with Crippen molar-refractivity contribution in [3.8, 4) is 0 Å². The van der Waals surface area contributed by atoms with Crippen LogP contribution in [0.3, 0.4) is 0 Å². The van der Waals surface area contributed by atoms with Crippen LogP contribution in [-0.2, 0) is 20.7 Å². The summed E-state index contributed by atoms with van der Waals surface area (Å²) in [5, 5.41) is 22.9. The van der Waals surface area contributed by atoms with Crippen LogP contribution in [0.4, 0.5) is 5.82 Å². The average molecular weight is 428 g/mol. The number of nitrogens with two attached hydrogens (primary N) is 2. The number of carbonyl (C=O) groups excluding carboxylic acids is 1. The quantitative estimate of drug-likeness (QED) is 0.296. The summed E-state index contributed by atoms with van der Waals surface area (Å²) in [4.78, 5) is 40.3. The number of aliphatic carboxylic acids is 1. The standard InChI is InChI=1S/C18H20N8O5/c19-9(4-8-2-1-3-21-5-8)16(28)25-10-12(27)17(31-13(10)18(29)30)26-7-24-11-14(20)22-6-23-15(11)26/h1-3,5-7,9-10,12-13,17,27H,4,19H2,(H,25,28)(H,29,30)(H2,20,22,23)/t9-,10-,12+,13-,17+/m0/s1. The monoisotopic (exact) mass is 428 g/mol. The summed E-state index contributed by atoms with van der Waals surface area (Å²) in [7, 11) is 0. The molecule has 31 heavy (non-hydrogen) atoms. The van der Waals surface area contributed by atoms with Crippen LogP contribution in [0, 0.1) is 0 Å². The molecule has 4 rings (SSSR count). The molecule has 1 amide bonds. The molecule has 1 aliphatic rings. The van der Waals surface area contributed by atoms with Crippen LogP contribution >= 0.6 is 0 Å². The fourth-order valence-electron chi connectivity index (χ4n) is 3.47. The van der Waals surface area contributed by atoms with E-state index in [1.54, 1.807) is 24.5 Å². The summed E-state index contributed by atoms with van der Waals surface area (Å²) in [6.07, 6.45) is 1.75. The van der Waals surface area contributed by atoms with E-state index < -0.39 is 42.4 Å². The number of aromatic nitrogens is 5. The van der Waals surface area contributed by atoms with Crippen molar-refractivity contribution in [1.29, 1.82) is 0 Å². The lowest BCUT2D eigenvalue weighted by Gasteiger charge is -2.22. The number of carboxylic acids is 1. The molecule has 0 aliphatic carbocycles. The molecule has 0 saturated carbocycles. The van der Waals surface area contributed by atoms with Gasteiger partial charge >= 0.3 is 5.97 Å². The van der Waals surface area contributed by atoms with Gasteiger partial charge in [-0.05, 0) is 18.1 Å². The van der Waals surface area contributed by atoms with Gasteiger partial charge in [0, 0.05) is 12.4 Å². The van der Waals surface area contributed by atoms with Crippen molar-refractivity contribution in [1.82, 2.24) is 29.8 Å². The van der Waals surface area contributed by atoms with Crippen molar-refractivity contribution in [3.05, 3.63) is 42.7 Å². The van der Waals surface area contributed by atoms with E-state index >= 15 is 0 Å². The Morgan fingerprint density at radius 2 is 2.13 bits per heavy atom. The van der Waals surface area contributed by atoms with Gasteiger partial charge in [-0.15, -0.1) is 0 Å². The predicted molar refractivity (Wildman–Crippen MR) is 105 cm³/mol. The number of amides is 1. The highest BCUT2D eigenvalue weighted by atomic mass is 16.6. The largest absolute Gasteiger partial charge is 0.479 e. The van der Waals surface area contributed by atoms with Crippen molar-refractivity contribution < 1.29 is 24.5 Å². The Morgan fingerprint density at radius 3 is 2.84 bits per heavy atom. The third-order valence-electron chi connectivity index (χ3n) is 5.00. The molecule has 13 heteroatoms. The molecule has 0 aromatic carbocycles. The molecule has 0 spiro atoms. The molecule has 13 nitrogen and oxygen atoms in total. The summed E-state index contributed by atoms with van der Waals surface area (Å²) in [5.41, 5.74) is 13.0. The van der Waals surface area contributed by atoms with E-state index in [-0.39, 0.29) is 23.4 Å².